The molecule has 0 aliphatic rings. The Morgan fingerprint density at radius 1 is 1.36 bits per heavy atom. The van der Waals surface area contributed by atoms with E-state index in [0.717, 1.165) is 5.56 Å². The fourth-order valence-corrected chi connectivity index (χ4v) is 1.31. The van der Waals surface area contributed by atoms with Gasteiger partial charge in [-0.1, -0.05) is 17.7 Å². The predicted molar refractivity (Wildman–Crippen MR) is 47.3 cm³/mol. The van der Waals surface area contributed by atoms with Crippen LogP contribution in [0.3, 0.4) is 0 Å². The number of aryl methyl sites for hydroxylation is 1. The van der Waals surface area contributed by atoms with Crippen LogP contribution in [0.5, 0.6) is 0 Å². The molecule has 0 spiro atoms. The van der Waals surface area contributed by atoms with Gasteiger partial charge in [0.1, 0.15) is 9.80 Å². The van der Waals surface area contributed by atoms with E-state index in [1.54, 1.807) is 24.3 Å². The third-order valence-corrected chi connectivity index (χ3v) is 2.40. The summed E-state index contributed by atoms with van der Waals surface area (Å²) in [5, 5.41) is 0. The molecule has 0 heterocycles. The van der Waals surface area contributed by atoms with Crippen molar-refractivity contribution in [3.63, 3.8) is 0 Å². The molecule has 2 nitrogen and oxygen atoms in total. The minimum Gasteiger partial charge on any atom is -0.310 e. The van der Waals surface area contributed by atoms with Gasteiger partial charge in [0.05, 0.1) is 4.90 Å². The third kappa shape index (κ3) is 2.06. The molecule has 0 fully saturated rings. The standard InChI is InChI=1S/C8H10O2S/c1-7-3-5-8(6-4-7)11(2,9)10/h3-6H,2H2,1H3,(H,9,10). The second-order valence-corrected chi connectivity index (χ2v) is 4.21. The van der Waals surface area contributed by atoms with Gasteiger partial charge in [-0.2, -0.15) is 0 Å². The van der Waals surface area contributed by atoms with Crippen LogP contribution in [0.2, 0.25) is 0 Å². The molecule has 60 valence electrons. The molecule has 0 aliphatic carbocycles. The molecule has 3 heteroatoms. The first kappa shape index (κ1) is 8.30. The highest BCUT2D eigenvalue weighted by Gasteiger charge is 1.99. The molecule has 0 aliphatic heterocycles. The van der Waals surface area contributed by atoms with E-state index in [1.807, 2.05) is 6.92 Å². The van der Waals surface area contributed by atoms with Crippen LogP contribution in [0.1, 0.15) is 5.56 Å². The van der Waals surface area contributed by atoms with Gasteiger partial charge in [0.15, 0.2) is 0 Å². The van der Waals surface area contributed by atoms with Gasteiger partial charge < -0.3 is 4.55 Å². The summed E-state index contributed by atoms with van der Waals surface area (Å²) in [6.07, 6.45) is 0. The molecule has 1 N–H and O–H groups in total. The first-order valence-electron chi connectivity index (χ1n) is 3.16. The zero-order chi connectivity index (χ0) is 8.48. The average Bonchev–Trinajstić information content (AvgIpc) is 1.86. The highest BCUT2D eigenvalue weighted by Crippen LogP contribution is 2.08. The summed E-state index contributed by atoms with van der Waals surface area (Å²) in [7, 11) is -3.02. The van der Waals surface area contributed by atoms with Gasteiger partial charge in [-0.05, 0) is 24.9 Å². The van der Waals surface area contributed by atoms with Gasteiger partial charge in [0.2, 0.25) is 0 Å². The Balaban J connectivity index is 3.20. The lowest BCUT2D eigenvalue weighted by atomic mass is 10.2. The van der Waals surface area contributed by atoms with Crippen LogP contribution < -0.4 is 0 Å². The largest absolute Gasteiger partial charge is 0.310 e. The summed E-state index contributed by atoms with van der Waals surface area (Å²) in [4.78, 5) is 0.378. The highest BCUT2D eigenvalue weighted by molar-refractivity contribution is 7.95. The molecule has 1 aromatic rings. The zero-order valence-electron chi connectivity index (χ0n) is 6.28. The van der Waals surface area contributed by atoms with Crippen molar-refractivity contribution in [2.75, 3.05) is 0 Å². The predicted octanol–water partition coefficient (Wildman–Crippen LogP) is 1.54. The first-order chi connectivity index (χ1) is 5.00. The lowest BCUT2D eigenvalue weighted by Crippen LogP contribution is -1.96. The van der Waals surface area contributed by atoms with Crippen molar-refractivity contribution in [2.45, 2.75) is 11.8 Å². The van der Waals surface area contributed by atoms with Crippen LogP contribution in [0.4, 0.5) is 0 Å². The van der Waals surface area contributed by atoms with E-state index in [0.29, 0.717) is 4.90 Å². The van der Waals surface area contributed by atoms with Crippen molar-refractivity contribution in [1.29, 1.82) is 0 Å². The summed E-state index contributed by atoms with van der Waals surface area (Å²) < 4.78 is 19.9. The van der Waals surface area contributed by atoms with Crippen LogP contribution in [0, 0.1) is 6.92 Å². The molecule has 1 rings (SSSR count). The van der Waals surface area contributed by atoms with E-state index in [4.69, 9.17) is 4.55 Å². The maximum absolute atomic E-state index is 10.9. The molecular formula is C8H10O2S. The average molecular weight is 170 g/mol. The number of hydrogen-bond donors (Lipinski definition) is 1. The third-order valence-electron chi connectivity index (χ3n) is 1.39. The molecule has 0 aromatic heterocycles. The van der Waals surface area contributed by atoms with Crippen molar-refractivity contribution in [2.24, 2.45) is 0 Å². The summed E-state index contributed by atoms with van der Waals surface area (Å²) in [6, 6.07) is 6.81. The van der Waals surface area contributed by atoms with Crippen molar-refractivity contribution in [3.8, 4) is 0 Å². The van der Waals surface area contributed by atoms with Crippen LogP contribution in [-0.4, -0.2) is 14.6 Å². The van der Waals surface area contributed by atoms with Gasteiger partial charge in [-0.25, -0.2) is 4.21 Å². The van der Waals surface area contributed by atoms with E-state index in [9.17, 15) is 4.21 Å². The van der Waals surface area contributed by atoms with E-state index >= 15 is 0 Å². The number of benzene rings is 1. The van der Waals surface area contributed by atoms with Gasteiger partial charge in [-0.3, -0.25) is 0 Å². The summed E-state index contributed by atoms with van der Waals surface area (Å²) >= 11 is 0. The number of rotatable bonds is 1. The fourth-order valence-electron chi connectivity index (χ4n) is 0.751. The monoisotopic (exact) mass is 170 g/mol. The Morgan fingerprint density at radius 3 is 2.18 bits per heavy atom. The topological polar surface area (TPSA) is 37.3 Å². The van der Waals surface area contributed by atoms with Gasteiger partial charge >= 0.3 is 0 Å². The SMILES string of the molecule is C=S(=O)(O)c1ccc(C)cc1. The number of hydrogen-bond acceptors (Lipinski definition) is 1. The van der Waals surface area contributed by atoms with E-state index in [-0.39, 0.29) is 0 Å². The quantitative estimate of drug-likeness (QED) is 0.649. The van der Waals surface area contributed by atoms with Gasteiger partial charge in [-0.15, -0.1) is 0 Å². The molecule has 0 amide bonds. The molecule has 0 saturated carbocycles. The van der Waals surface area contributed by atoms with Crippen molar-refractivity contribution in [3.05, 3.63) is 29.8 Å². The van der Waals surface area contributed by atoms with Gasteiger partial charge in [0, 0.05) is 0 Å². The van der Waals surface area contributed by atoms with Crippen LogP contribution in [-0.2, 0) is 9.80 Å². The first-order valence-corrected chi connectivity index (χ1v) is 4.85. The van der Waals surface area contributed by atoms with Crippen molar-refractivity contribution in [1.82, 2.24) is 0 Å². The van der Waals surface area contributed by atoms with E-state index in [2.05, 4.69) is 5.87 Å². The minimum atomic E-state index is -3.02. The second-order valence-electron chi connectivity index (χ2n) is 2.45. The molecule has 0 radical (unpaired) electrons. The molecule has 1 aromatic carbocycles. The molecule has 1 atom stereocenters. The summed E-state index contributed by atoms with van der Waals surface area (Å²) in [5.41, 5.74) is 1.07. The van der Waals surface area contributed by atoms with Crippen LogP contribution in [0.15, 0.2) is 29.2 Å². The lowest BCUT2D eigenvalue weighted by Gasteiger charge is -2.00. The highest BCUT2D eigenvalue weighted by atomic mass is 32.2. The van der Waals surface area contributed by atoms with Crippen LogP contribution >= 0.6 is 0 Å². The Kier molecular flexibility index (Phi) is 2.02. The molecule has 0 saturated heterocycles. The lowest BCUT2D eigenvalue weighted by molar-refractivity contribution is 0.560. The minimum absolute atomic E-state index is 0.378. The van der Waals surface area contributed by atoms with Gasteiger partial charge in [0.25, 0.3) is 0 Å². The smallest absolute Gasteiger partial charge is 0.104 e. The Hall–Kier alpha value is -0.800. The van der Waals surface area contributed by atoms with Crippen LogP contribution in [0.25, 0.3) is 0 Å². The van der Waals surface area contributed by atoms with Crippen molar-refractivity contribution >= 4 is 15.7 Å². The van der Waals surface area contributed by atoms with E-state index in [1.165, 1.54) is 0 Å². The Labute approximate surface area is 66.7 Å². The normalized spacial score (nSPS) is 15.8. The fraction of sp³-hybridized carbons (Fsp3) is 0.125. The summed E-state index contributed by atoms with van der Waals surface area (Å²) in [5.74, 6) is 3.15. The Morgan fingerprint density at radius 2 is 1.82 bits per heavy atom. The second kappa shape index (κ2) is 2.68. The maximum Gasteiger partial charge on any atom is 0.104 e. The molecular weight excluding hydrogens is 160 g/mol. The Bertz CT molecular complexity index is 335. The molecule has 1 unspecified atom stereocenters. The summed E-state index contributed by atoms with van der Waals surface area (Å²) in [6.45, 7) is 1.92. The molecule has 11 heavy (non-hydrogen) atoms. The molecule has 0 bridgehead atoms. The van der Waals surface area contributed by atoms with Crippen molar-refractivity contribution < 1.29 is 8.76 Å². The maximum atomic E-state index is 10.9. The van der Waals surface area contributed by atoms with E-state index < -0.39 is 9.80 Å². The zero-order valence-corrected chi connectivity index (χ0v) is 7.10.